The summed E-state index contributed by atoms with van der Waals surface area (Å²) >= 11 is 0. The van der Waals surface area contributed by atoms with E-state index in [9.17, 15) is 0 Å². The Balaban J connectivity index is 1.50. The largest absolute Gasteiger partial charge is 0.381 e. The van der Waals surface area contributed by atoms with Crippen LogP contribution in [0.25, 0.3) is 0 Å². The zero-order chi connectivity index (χ0) is 12.9. The first kappa shape index (κ1) is 12.9. The van der Waals surface area contributed by atoms with Crippen LogP contribution < -0.4 is 5.32 Å². The lowest BCUT2D eigenvalue weighted by Gasteiger charge is -2.11. The highest BCUT2D eigenvalue weighted by Crippen LogP contribution is 2.32. The fourth-order valence-corrected chi connectivity index (χ4v) is 3.11. The van der Waals surface area contributed by atoms with Crippen molar-refractivity contribution in [3.63, 3.8) is 0 Å². The Morgan fingerprint density at radius 2 is 2.16 bits per heavy atom. The number of anilines is 1. The molecule has 1 saturated carbocycles. The van der Waals surface area contributed by atoms with E-state index in [1.807, 2.05) is 6.20 Å². The third-order valence-corrected chi connectivity index (χ3v) is 4.31. The first-order chi connectivity index (χ1) is 9.42. The van der Waals surface area contributed by atoms with Gasteiger partial charge in [-0.25, -0.2) is 9.97 Å². The van der Waals surface area contributed by atoms with E-state index in [1.54, 1.807) is 0 Å². The quantitative estimate of drug-likeness (QED) is 0.885. The molecule has 3 rings (SSSR count). The van der Waals surface area contributed by atoms with Gasteiger partial charge in [-0.3, -0.25) is 0 Å². The van der Waals surface area contributed by atoms with Crippen molar-refractivity contribution < 1.29 is 4.74 Å². The van der Waals surface area contributed by atoms with Gasteiger partial charge in [-0.1, -0.05) is 12.8 Å². The number of rotatable bonds is 5. The van der Waals surface area contributed by atoms with E-state index in [4.69, 9.17) is 4.74 Å². The van der Waals surface area contributed by atoms with Crippen LogP contribution in [-0.4, -0.2) is 29.7 Å². The maximum Gasteiger partial charge on any atom is 0.222 e. The predicted molar refractivity (Wildman–Crippen MR) is 75.3 cm³/mol. The van der Waals surface area contributed by atoms with Crippen molar-refractivity contribution in [1.82, 2.24) is 9.97 Å². The van der Waals surface area contributed by atoms with Gasteiger partial charge in [0.1, 0.15) is 0 Å². The normalized spacial score (nSPS) is 23.9. The average Bonchev–Trinajstić information content (AvgIpc) is 3.12. The van der Waals surface area contributed by atoms with Crippen LogP contribution in [0.4, 0.5) is 5.95 Å². The summed E-state index contributed by atoms with van der Waals surface area (Å²) in [6.45, 7) is 2.80. The molecule has 1 aromatic rings. The Kier molecular flexibility index (Phi) is 4.28. The molecule has 2 fully saturated rings. The molecule has 4 heteroatoms. The van der Waals surface area contributed by atoms with Gasteiger partial charge in [0.05, 0.1) is 0 Å². The molecular formula is C15H23N3O. The summed E-state index contributed by atoms with van der Waals surface area (Å²) in [5, 5.41) is 3.36. The van der Waals surface area contributed by atoms with Crippen LogP contribution in [0.1, 0.15) is 50.1 Å². The van der Waals surface area contributed by atoms with Gasteiger partial charge in [0.2, 0.25) is 5.95 Å². The standard InChI is InChI=1S/C15H23N3O/c1-2-4-13(3-1)14-6-9-17-15(18-14)16-8-5-12-7-10-19-11-12/h6,9,12-13H,1-5,7-8,10-11H2,(H,16,17,18)/t12-/m1/s1. The van der Waals surface area contributed by atoms with Gasteiger partial charge in [-0.15, -0.1) is 0 Å². The summed E-state index contributed by atoms with van der Waals surface area (Å²) in [6.07, 6.45) is 9.51. The maximum atomic E-state index is 5.39. The highest BCUT2D eigenvalue weighted by Gasteiger charge is 2.19. The van der Waals surface area contributed by atoms with Crippen LogP contribution in [0.2, 0.25) is 0 Å². The molecule has 1 N–H and O–H groups in total. The summed E-state index contributed by atoms with van der Waals surface area (Å²) in [7, 11) is 0. The molecule has 1 aromatic heterocycles. The van der Waals surface area contributed by atoms with E-state index in [2.05, 4.69) is 21.4 Å². The Hall–Kier alpha value is -1.16. The van der Waals surface area contributed by atoms with Crippen LogP contribution in [0.15, 0.2) is 12.3 Å². The Morgan fingerprint density at radius 1 is 1.26 bits per heavy atom. The van der Waals surface area contributed by atoms with E-state index >= 15 is 0 Å². The molecule has 104 valence electrons. The van der Waals surface area contributed by atoms with Gasteiger partial charge in [-0.2, -0.15) is 0 Å². The fourth-order valence-electron chi connectivity index (χ4n) is 3.11. The van der Waals surface area contributed by atoms with Gasteiger partial charge in [-0.05, 0) is 37.7 Å². The minimum absolute atomic E-state index is 0.659. The van der Waals surface area contributed by atoms with Gasteiger partial charge in [0.25, 0.3) is 0 Å². The van der Waals surface area contributed by atoms with E-state index in [0.29, 0.717) is 11.8 Å². The minimum Gasteiger partial charge on any atom is -0.381 e. The summed E-state index contributed by atoms with van der Waals surface area (Å²) in [6, 6.07) is 2.08. The third-order valence-electron chi connectivity index (χ3n) is 4.31. The van der Waals surface area contributed by atoms with Crippen molar-refractivity contribution in [3.8, 4) is 0 Å². The molecule has 0 radical (unpaired) electrons. The molecular weight excluding hydrogens is 238 g/mol. The van der Waals surface area contributed by atoms with Crippen molar-refractivity contribution >= 4 is 5.95 Å². The van der Waals surface area contributed by atoms with Crippen molar-refractivity contribution in [2.24, 2.45) is 5.92 Å². The summed E-state index contributed by atoms with van der Waals surface area (Å²) in [5.41, 5.74) is 1.22. The molecule has 4 nitrogen and oxygen atoms in total. The number of nitrogens with zero attached hydrogens (tertiary/aromatic N) is 2. The molecule has 1 aliphatic carbocycles. The number of ether oxygens (including phenoxy) is 1. The lowest BCUT2D eigenvalue weighted by Crippen LogP contribution is -2.11. The molecule has 1 atom stereocenters. The molecule has 19 heavy (non-hydrogen) atoms. The lowest BCUT2D eigenvalue weighted by molar-refractivity contribution is 0.185. The van der Waals surface area contributed by atoms with Gasteiger partial charge < -0.3 is 10.1 Å². The van der Waals surface area contributed by atoms with Crippen LogP contribution >= 0.6 is 0 Å². The van der Waals surface area contributed by atoms with Crippen LogP contribution in [-0.2, 0) is 4.74 Å². The van der Waals surface area contributed by atoms with E-state index in [0.717, 1.165) is 32.1 Å². The molecule has 1 saturated heterocycles. The Bertz CT molecular complexity index is 398. The van der Waals surface area contributed by atoms with Gasteiger partial charge in [0.15, 0.2) is 0 Å². The monoisotopic (exact) mass is 261 g/mol. The molecule has 1 aliphatic heterocycles. The number of aromatic nitrogens is 2. The second kappa shape index (κ2) is 6.33. The number of nitrogens with one attached hydrogen (secondary N) is 1. The van der Waals surface area contributed by atoms with E-state index in [-0.39, 0.29) is 0 Å². The predicted octanol–water partition coefficient (Wildman–Crippen LogP) is 2.97. The van der Waals surface area contributed by atoms with Crippen molar-refractivity contribution in [1.29, 1.82) is 0 Å². The average molecular weight is 261 g/mol. The SMILES string of the molecule is c1cc(C2CCCC2)nc(NCC[C@@H]2CCOC2)n1. The van der Waals surface area contributed by atoms with Crippen molar-refractivity contribution in [2.75, 3.05) is 25.1 Å². The first-order valence-corrected chi connectivity index (χ1v) is 7.56. The zero-order valence-corrected chi connectivity index (χ0v) is 11.5. The number of hydrogen-bond acceptors (Lipinski definition) is 4. The topological polar surface area (TPSA) is 47.0 Å². The van der Waals surface area contributed by atoms with Crippen molar-refractivity contribution in [3.05, 3.63) is 18.0 Å². The maximum absolute atomic E-state index is 5.39. The van der Waals surface area contributed by atoms with Crippen LogP contribution in [0.5, 0.6) is 0 Å². The summed E-state index contributed by atoms with van der Waals surface area (Å²) in [5.74, 6) is 2.17. The van der Waals surface area contributed by atoms with Gasteiger partial charge >= 0.3 is 0 Å². The molecule has 0 aromatic carbocycles. The second-order valence-corrected chi connectivity index (χ2v) is 5.73. The van der Waals surface area contributed by atoms with Crippen molar-refractivity contribution in [2.45, 2.75) is 44.4 Å². The first-order valence-electron chi connectivity index (χ1n) is 7.56. The molecule has 0 spiro atoms. The molecule has 0 unspecified atom stereocenters. The second-order valence-electron chi connectivity index (χ2n) is 5.73. The fraction of sp³-hybridized carbons (Fsp3) is 0.733. The third kappa shape index (κ3) is 3.44. The van der Waals surface area contributed by atoms with Crippen LogP contribution in [0, 0.1) is 5.92 Å². The smallest absolute Gasteiger partial charge is 0.222 e. The highest BCUT2D eigenvalue weighted by atomic mass is 16.5. The van der Waals surface area contributed by atoms with E-state index < -0.39 is 0 Å². The van der Waals surface area contributed by atoms with E-state index in [1.165, 1.54) is 37.8 Å². The highest BCUT2D eigenvalue weighted by molar-refractivity contribution is 5.26. The minimum atomic E-state index is 0.659. The van der Waals surface area contributed by atoms with Gasteiger partial charge in [0, 0.05) is 37.6 Å². The Morgan fingerprint density at radius 3 is 2.95 bits per heavy atom. The zero-order valence-electron chi connectivity index (χ0n) is 11.5. The Labute approximate surface area is 115 Å². The molecule has 0 amide bonds. The summed E-state index contributed by atoms with van der Waals surface area (Å²) in [4.78, 5) is 8.99. The number of hydrogen-bond donors (Lipinski definition) is 1. The summed E-state index contributed by atoms with van der Waals surface area (Å²) < 4.78 is 5.39. The molecule has 2 heterocycles. The molecule has 0 bridgehead atoms. The van der Waals surface area contributed by atoms with Crippen LogP contribution in [0.3, 0.4) is 0 Å². The lowest BCUT2D eigenvalue weighted by atomic mass is 10.0. The molecule has 2 aliphatic rings.